The van der Waals surface area contributed by atoms with Crippen molar-refractivity contribution in [1.29, 1.82) is 0 Å². The molecule has 6 nitrogen and oxygen atoms in total. The van der Waals surface area contributed by atoms with Gasteiger partial charge in [0.05, 0.1) is 12.5 Å². The van der Waals surface area contributed by atoms with Crippen molar-refractivity contribution in [3.05, 3.63) is 0 Å². The number of aliphatic carboxylic acids is 1. The number of primary amides is 1. The second kappa shape index (κ2) is 4.68. The highest BCUT2D eigenvalue weighted by atomic mass is 16.4. The summed E-state index contributed by atoms with van der Waals surface area (Å²) in [7, 11) is 0. The molecule has 2 atom stereocenters. The van der Waals surface area contributed by atoms with Crippen LogP contribution in [-0.4, -0.2) is 34.4 Å². The fourth-order valence-corrected chi connectivity index (χ4v) is 0.707. The molecule has 6 heteroatoms. The minimum absolute atomic E-state index is 0.430. The molecule has 0 heterocycles. The van der Waals surface area contributed by atoms with Crippen LogP contribution >= 0.6 is 0 Å². The lowest BCUT2D eigenvalue weighted by Crippen LogP contribution is -2.46. The highest BCUT2D eigenvalue weighted by molar-refractivity contribution is 5.84. The molecule has 0 fully saturated rings. The number of hydrogen-bond donors (Lipinski definition) is 4. The van der Waals surface area contributed by atoms with Crippen LogP contribution in [0.25, 0.3) is 0 Å². The van der Waals surface area contributed by atoms with Gasteiger partial charge in [-0.1, -0.05) is 0 Å². The topological polar surface area (TPSA) is 113 Å². The van der Waals surface area contributed by atoms with Crippen LogP contribution in [0.5, 0.6) is 0 Å². The van der Waals surface area contributed by atoms with E-state index >= 15 is 0 Å². The minimum Gasteiger partial charge on any atom is -0.481 e. The minimum atomic E-state index is -1.15. The molecule has 0 saturated carbocycles. The van der Waals surface area contributed by atoms with Crippen molar-refractivity contribution in [3.63, 3.8) is 0 Å². The molecule has 0 rings (SSSR count). The summed E-state index contributed by atoms with van der Waals surface area (Å²) in [5, 5.41) is 19.4. The van der Waals surface area contributed by atoms with Crippen LogP contribution in [0.4, 0.5) is 0 Å². The highest BCUT2D eigenvalue weighted by Crippen LogP contribution is 1.92. The third kappa shape index (κ3) is 4.64. The molecule has 0 aliphatic heterocycles. The van der Waals surface area contributed by atoms with E-state index in [0.29, 0.717) is 0 Å². The average molecular weight is 176 g/mol. The smallest absolute Gasteiger partial charge is 0.305 e. The maximum atomic E-state index is 10.6. The predicted molar refractivity (Wildman–Crippen MR) is 40.1 cm³/mol. The maximum Gasteiger partial charge on any atom is 0.305 e. The van der Waals surface area contributed by atoms with Gasteiger partial charge in [0.1, 0.15) is 6.23 Å². The van der Waals surface area contributed by atoms with Gasteiger partial charge in [-0.25, -0.2) is 0 Å². The highest BCUT2D eigenvalue weighted by Gasteiger charge is 2.19. The Morgan fingerprint density at radius 3 is 2.33 bits per heavy atom. The number of amides is 1. The molecule has 1 unspecified atom stereocenters. The molecule has 0 aliphatic rings. The second-order valence-corrected chi connectivity index (χ2v) is 2.40. The van der Waals surface area contributed by atoms with Gasteiger partial charge >= 0.3 is 5.97 Å². The summed E-state index contributed by atoms with van der Waals surface area (Å²) in [6.07, 6.45) is -1.39. The van der Waals surface area contributed by atoms with E-state index in [2.05, 4.69) is 5.32 Å². The molecule has 12 heavy (non-hydrogen) atoms. The van der Waals surface area contributed by atoms with Crippen molar-refractivity contribution < 1.29 is 19.8 Å². The number of nitrogens with two attached hydrogens (primary N) is 1. The molecule has 70 valence electrons. The molecular formula is C6H12N2O4. The normalized spacial score (nSPS) is 15.2. The third-order valence-electron chi connectivity index (χ3n) is 1.16. The average Bonchev–Trinajstić information content (AvgIpc) is 1.83. The molecule has 0 aromatic heterocycles. The molecule has 0 bridgehead atoms. The number of aliphatic hydroxyl groups is 1. The zero-order valence-corrected chi connectivity index (χ0v) is 6.65. The van der Waals surface area contributed by atoms with E-state index in [0.717, 1.165) is 0 Å². The van der Waals surface area contributed by atoms with Crippen molar-refractivity contribution in [3.8, 4) is 0 Å². The number of carboxylic acids is 1. The number of aliphatic hydroxyl groups excluding tert-OH is 1. The van der Waals surface area contributed by atoms with E-state index in [1.54, 1.807) is 0 Å². The van der Waals surface area contributed by atoms with Gasteiger partial charge in [0.2, 0.25) is 5.91 Å². The SMILES string of the molecule is CC(O)N[C@@H](CC(=O)O)C(N)=O. The zero-order valence-electron chi connectivity index (χ0n) is 6.65. The monoisotopic (exact) mass is 176 g/mol. The lowest BCUT2D eigenvalue weighted by atomic mass is 10.2. The van der Waals surface area contributed by atoms with Gasteiger partial charge in [0.25, 0.3) is 0 Å². The summed E-state index contributed by atoms with van der Waals surface area (Å²) >= 11 is 0. The summed E-state index contributed by atoms with van der Waals surface area (Å²) < 4.78 is 0. The maximum absolute atomic E-state index is 10.6. The molecule has 0 saturated heterocycles. The molecule has 0 aliphatic carbocycles. The van der Waals surface area contributed by atoms with Gasteiger partial charge in [-0.2, -0.15) is 0 Å². The summed E-state index contributed by atoms with van der Waals surface area (Å²) in [4.78, 5) is 20.7. The van der Waals surface area contributed by atoms with Gasteiger partial charge in [-0.15, -0.1) is 0 Å². The number of carbonyl (C=O) groups is 2. The van der Waals surface area contributed by atoms with Crippen molar-refractivity contribution in [1.82, 2.24) is 5.32 Å². The summed E-state index contributed by atoms with van der Waals surface area (Å²) in [5.74, 6) is -1.94. The molecule has 5 N–H and O–H groups in total. The Labute approximate surface area is 69.4 Å². The lowest BCUT2D eigenvalue weighted by molar-refractivity contribution is -0.139. The van der Waals surface area contributed by atoms with E-state index in [9.17, 15) is 9.59 Å². The largest absolute Gasteiger partial charge is 0.481 e. The lowest BCUT2D eigenvalue weighted by Gasteiger charge is -2.14. The van der Waals surface area contributed by atoms with E-state index < -0.39 is 30.6 Å². The quantitative estimate of drug-likeness (QED) is 0.371. The first-order chi connectivity index (χ1) is 5.43. The summed E-state index contributed by atoms with van der Waals surface area (Å²) in [5.41, 5.74) is 4.86. The Kier molecular flexibility index (Phi) is 4.24. The standard InChI is InChI=1S/C6H12N2O4/c1-3(9)8-4(6(7)12)2-5(10)11/h3-4,8-9H,2H2,1H3,(H2,7,12)(H,10,11)/t3?,4-/m0/s1. The summed E-state index contributed by atoms with van der Waals surface area (Å²) in [6.45, 7) is 1.37. The summed E-state index contributed by atoms with van der Waals surface area (Å²) in [6, 6.07) is -1.03. The molecule has 0 aromatic carbocycles. The Balaban J connectivity index is 4.04. The van der Waals surface area contributed by atoms with Gasteiger partial charge < -0.3 is 15.9 Å². The first-order valence-electron chi connectivity index (χ1n) is 3.38. The van der Waals surface area contributed by atoms with Crippen LogP contribution in [0.1, 0.15) is 13.3 Å². The number of nitrogens with one attached hydrogen (secondary N) is 1. The van der Waals surface area contributed by atoms with E-state index in [1.807, 2.05) is 0 Å². The van der Waals surface area contributed by atoms with Crippen LogP contribution in [0.15, 0.2) is 0 Å². The number of carboxylic acid groups (broad SMARTS) is 1. The van der Waals surface area contributed by atoms with E-state index in [4.69, 9.17) is 15.9 Å². The number of hydrogen-bond acceptors (Lipinski definition) is 4. The third-order valence-corrected chi connectivity index (χ3v) is 1.16. The van der Waals surface area contributed by atoms with Gasteiger partial charge in [-0.3, -0.25) is 14.9 Å². The Morgan fingerprint density at radius 2 is 2.08 bits per heavy atom. The van der Waals surface area contributed by atoms with Crippen molar-refractivity contribution in [2.75, 3.05) is 0 Å². The van der Waals surface area contributed by atoms with Gasteiger partial charge in [-0.05, 0) is 6.92 Å². The molecule has 1 amide bonds. The van der Waals surface area contributed by atoms with Gasteiger partial charge in [0, 0.05) is 0 Å². The Morgan fingerprint density at radius 1 is 1.58 bits per heavy atom. The number of rotatable bonds is 5. The van der Waals surface area contributed by atoms with Crippen LogP contribution in [-0.2, 0) is 9.59 Å². The Hall–Kier alpha value is -1.14. The fourth-order valence-electron chi connectivity index (χ4n) is 0.707. The molecule has 0 aromatic rings. The van der Waals surface area contributed by atoms with Crippen molar-refractivity contribution in [2.45, 2.75) is 25.6 Å². The molecule has 0 spiro atoms. The Bertz CT molecular complexity index is 180. The van der Waals surface area contributed by atoms with Gasteiger partial charge in [0.15, 0.2) is 0 Å². The van der Waals surface area contributed by atoms with E-state index in [-0.39, 0.29) is 0 Å². The van der Waals surface area contributed by atoms with E-state index in [1.165, 1.54) is 6.92 Å². The second-order valence-electron chi connectivity index (χ2n) is 2.40. The van der Waals surface area contributed by atoms with Crippen LogP contribution in [0.3, 0.4) is 0 Å². The van der Waals surface area contributed by atoms with Crippen LogP contribution in [0.2, 0.25) is 0 Å². The molecular weight excluding hydrogens is 164 g/mol. The zero-order chi connectivity index (χ0) is 9.72. The van der Waals surface area contributed by atoms with Crippen LogP contribution < -0.4 is 11.1 Å². The number of carbonyl (C=O) groups excluding carboxylic acids is 1. The van der Waals surface area contributed by atoms with Crippen LogP contribution in [0, 0.1) is 0 Å². The first kappa shape index (κ1) is 10.9. The van der Waals surface area contributed by atoms with Crippen molar-refractivity contribution >= 4 is 11.9 Å². The first-order valence-corrected chi connectivity index (χ1v) is 3.38. The van der Waals surface area contributed by atoms with Crippen molar-refractivity contribution in [2.24, 2.45) is 5.73 Å². The molecule has 0 radical (unpaired) electrons. The predicted octanol–water partition coefficient (Wildman–Crippen LogP) is -1.76. The fraction of sp³-hybridized carbons (Fsp3) is 0.667.